The molecule has 0 aliphatic heterocycles. The molecule has 0 unspecified atom stereocenters. The minimum atomic E-state index is -0.0966. The first-order valence-corrected chi connectivity index (χ1v) is 7.65. The van der Waals surface area contributed by atoms with E-state index in [9.17, 15) is 4.79 Å². The molecule has 0 spiro atoms. The van der Waals surface area contributed by atoms with Crippen molar-refractivity contribution in [3.05, 3.63) is 57.8 Å². The lowest BCUT2D eigenvalue weighted by atomic mass is 10.1. The van der Waals surface area contributed by atoms with Gasteiger partial charge in [-0.3, -0.25) is 4.79 Å². The Morgan fingerprint density at radius 1 is 1.29 bits per heavy atom. The van der Waals surface area contributed by atoms with Crippen molar-refractivity contribution in [3.63, 3.8) is 0 Å². The summed E-state index contributed by atoms with van der Waals surface area (Å²) in [4.78, 5) is 12.3. The standard InChI is InChI=1S/C16H19BrN2O2/c1-11(2)19-9-14(17)7-15(19)16(21)18-8-12-3-5-13(10-20)6-4-12/h3-7,9,11,20H,8,10H2,1-2H3,(H,18,21). The van der Waals surface area contributed by atoms with Gasteiger partial charge in [0.2, 0.25) is 0 Å². The van der Waals surface area contributed by atoms with Crippen molar-refractivity contribution in [2.24, 2.45) is 0 Å². The van der Waals surface area contributed by atoms with Gasteiger partial charge in [0, 0.05) is 23.3 Å². The minimum absolute atomic E-state index is 0.0303. The van der Waals surface area contributed by atoms with Crippen LogP contribution < -0.4 is 5.32 Å². The Bertz CT molecular complexity index is 618. The van der Waals surface area contributed by atoms with Crippen LogP contribution in [0.3, 0.4) is 0 Å². The van der Waals surface area contributed by atoms with E-state index in [0.29, 0.717) is 12.2 Å². The van der Waals surface area contributed by atoms with Gasteiger partial charge in [-0.05, 0) is 47.0 Å². The van der Waals surface area contributed by atoms with E-state index in [1.165, 1.54) is 0 Å². The van der Waals surface area contributed by atoms with Crippen LogP contribution in [-0.4, -0.2) is 15.6 Å². The zero-order chi connectivity index (χ0) is 15.4. The third kappa shape index (κ3) is 3.95. The molecule has 1 aromatic heterocycles. The number of amides is 1. The number of benzene rings is 1. The molecule has 1 heterocycles. The first-order chi connectivity index (χ1) is 10.0. The average Bonchev–Trinajstić information content (AvgIpc) is 2.87. The highest BCUT2D eigenvalue weighted by Gasteiger charge is 2.14. The molecular formula is C16H19BrN2O2. The van der Waals surface area contributed by atoms with Crippen molar-refractivity contribution in [2.45, 2.75) is 33.0 Å². The minimum Gasteiger partial charge on any atom is -0.392 e. The molecular weight excluding hydrogens is 332 g/mol. The summed E-state index contributed by atoms with van der Waals surface area (Å²) in [6.45, 7) is 4.57. The summed E-state index contributed by atoms with van der Waals surface area (Å²) in [7, 11) is 0. The molecule has 0 atom stereocenters. The monoisotopic (exact) mass is 350 g/mol. The summed E-state index contributed by atoms with van der Waals surface area (Å²) in [5.74, 6) is -0.0966. The number of aromatic nitrogens is 1. The van der Waals surface area contributed by atoms with E-state index in [4.69, 9.17) is 5.11 Å². The molecule has 0 aliphatic rings. The number of hydrogen-bond acceptors (Lipinski definition) is 2. The number of aliphatic hydroxyl groups excluding tert-OH is 1. The molecule has 2 N–H and O–H groups in total. The quantitative estimate of drug-likeness (QED) is 0.869. The first-order valence-electron chi connectivity index (χ1n) is 6.85. The van der Waals surface area contributed by atoms with E-state index < -0.39 is 0 Å². The Labute approximate surface area is 132 Å². The highest BCUT2D eigenvalue weighted by molar-refractivity contribution is 9.10. The maximum absolute atomic E-state index is 12.3. The zero-order valence-electron chi connectivity index (χ0n) is 12.1. The molecule has 4 nitrogen and oxygen atoms in total. The van der Waals surface area contributed by atoms with Crippen molar-refractivity contribution >= 4 is 21.8 Å². The summed E-state index contributed by atoms with van der Waals surface area (Å²) in [6.07, 6.45) is 1.91. The van der Waals surface area contributed by atoms with Crippen LogP contribution in [0.25, 0.3) is 0 Å². The van der Waals surface area contributed by atoms with E-state index in [2.05, 4.69) is 21.2 Å². The second-order valence-corrected chi connectivity index (χ2v) is 6.12. The number of carbonyl (C=O) groups is 1. The largest absolute Gasteiger partial charge is 0.392 e. The van der Waals surface area contributed by atoms with Crippen LogP contribution >= 0.6 is 15.9 Å². The van der Waals surface area contributed by atoms with Crippen LogP contribution in [0, 0.1) is 0 Å². The number of nitrogens with zero attached hydrogens (tertiary/aromatic N) is 1. The molecule has 1 amide bonds. The van der Waals surface area contributed by atoms with Gasteiger partial charge in [0.05, 0.1) is 6.61 Å². The van der Waals surface area contributed by atoms with Crippen molar-refractivity contribution in [1.82, 2.24) is 9.88 Å². The topological polar surface area (TPSA) is 54.3 Å². The Hall–Kier alpha value is -1.59. The number of aliphatic hydroxyl groups is 1. The van der Waals surface area contributed by atoms with Crippen LogP contribution in [0.1, 0.15) is 41.5 Å². The van der Waals surface area contributed by atoms with Crippen LogP contribution in [0.2, 0.25) is 0 Å². The van der Waals surface area contributed by atoms with Gasteiger partial charge in [0.25, 0.3) is 5.91 Å². The summed E-state index contributed by atoms with van der Waals surface area (Å²) in [6, 6.07) is 9.57. The molecule has 2 aromatic rings. The fourth-order valence-corrected chi connectivity index (χ4v) is 2.53. The van der Waals surface area contributed by atoms with Crippen LogP contribution in [0.15, 0.2) is 41.0 Å². The van der Waals surface area contributed by atoms with Gasteiger partial charge in [-0.1, -0.05) is 24.3 Å². The number of carbonyl (C=O) groups excluding carboxylic acids is 1. The molecule has 0 fully saturated rings. The molecule has 21 heavy (non-hydrogen) atoms. The van der Waals surface area contributed by atoms with E-state index in [0.717, 1.165) is 15.6 Å². The fourth-order valence-electron chi connectivity index (χ4n) is 2.09. The smallest absolute Gasteiger partial charge is 0.268 e. The SMILES string of the molecule is CC(C)n1cc(Br)cc1C(=O)NCc1ccc(CO)cc1. The third-order valence-corrected chi connectivity index (χ3v) is 3.70. The maximum atomic E-state index is 12.3. The number of nitrogens with one attached hydrogen (secondary N) is 1. The van der Waals surface area contributed by atoms with Gasteiger partial charge >= 0.3 is 0 Å². The molecule has 0 saturated carbocycles. The fraction of sp³-hybridized carbons (Fsp3) is 0.312. The maximum Gasteiger partial charge on any atom is 0.268 e. The molecule has 2 rings (SSSR count). The van der Waals surface area contributed by atoms with Crippen LogP contribution in [-0.2, 0) is 13.2 Å². The molecule has 0 bridgehead atoms. The normalized spacial score (nSPS) is 10.9. The van der Waals surface area contributed by atoms with Gasteiger partial charge in [-0.15, -0.1) is 0 Å². The van der Waals surface area contributed by atoms with Crippen molar-refractivity contribution in [1.29, 1.82) is 0 Å². The van der Waals surface area contributed by atoms with Gasteiger partial charge in [0.15, 0.2) is 0 Å². The van der Waals surface area contributed by atoms with Gasteiger partial charge in [0.1, 0.15) is 5.69 Å². The van der Waals surface area contributed by atoms with Crippen molar-refractivity contribution in [2.75, 3.05) is 0 Å². The summed E-state index contributed by atoms with van der Waals surface area (Å²) in [5, 5.41) is 11.9. The highest BCUT2D eigenvalue weighted by Crippen LogP contribution is 2.19. The van der Waals surface area contributed by atoms with Gasteiger partial charge in [-0.25, -0.2) is 0 Å². The van der Waals surface area contributed by atoms with Crippen LogP contribution in [0.4, 0.5) is 0 Å². The van der Waals surface area contributed by atoms with Crippen LogP contribution in [0.5, 0.6) is 0 Å². The van der Waals surface area contributed by atoms with Gasteiger partial charge in [-0.2, -0.15) is 0 Å². The second-order valence-electron chi connectivity index (χ2n) is 5.20. The summed E-state index contributed by atoms with van der Waals surface area (Å²) >= 11 is 3.41. The lowest BCUT2D eigenvalue weighted by Gasteiger charge is -2.12. The molecule has 5 heteroatoms. The molecule has 0 saturated heterocycles. The predicted octanol–water partition coefficient (Wildman–Crippen LogP) is 3.25. The van der Waals surface area contributed by atoms with E-state index in [1.807, 2.05) is 54.9 Å². The molecule has 1 aromatic carbocycles. The van der Waals surface area contributed by atoms with Gasteiger partial charge < -0.3 is 15.0 Å². The van der Waals surface area contributed by atoms with Crippen molar-refractivity contribution < 1.29 is 9.90 Å². The van der Waals surface area contributed by atoms with E-state index in [1.54, 1.807) is 0 Å². The second kappa shape index (κ2) is 6.91. The lowest BCUT2D eigenvalue weighted by Crippen LogP contribution is -2.25. The Balaban J connectivity index is 2.04. The summed E-state index contributed by atoms with van der Waals surface area (Å²) in [5.41, 5.74) is 2.51. The Morgan fingerprint density at radius 3 is 2.48 bits per heavy atom. The average molecular weight is 351 g/mol. The van der Waals surface area contributed by atoms with E-state index in [-0.39, 0.29) is 18.6 Å². The third-order valence-electron chi connectivity index (χ3n) is 3.26. The van der Waals surface area contributed by atoms with E-state index >= 15 is 0 Å². The molecule has 0 aliphatic carbocycles. The molecule has 112 valence electrons. The Morgan fingerprint density at radius 2 is 1.90 bits per heavy atom. The van der Waals surface area contributed by atoms with Crippen molar-refractivity contribution in [3.8, 4) is 0 Å². The Kier molecular flexibility index (Phi) is 5.20. The first kappa shape index (κ1) is 15.8. The zero-order valence-corrected chi connectivity index (χ0v) is 13.7. The number of hydrogen-bond donors (Lipinski definition) is 2. The number of rotatable bonds is 5. The number of halogens is 1. The predicted molar refractivity (Wildman–Crippen MR) is 86.1 cm³/mol. The summed E-state index contributed by atoms with van der Waals surface area (Å²) < 4.78 is 2.84. The molecule has 0 radical (unpaired) electrons. The lowest BCUT2D eigenvalue weighted by molar-refractivity contribution is 0.0940. The highest BCUT2D eigenvalue weighted by atomic mass is 79.9.